The van der Waals surface area contributed by atoms with Crippen LogP contribution in [0, 0.1) is 0 Å². The number of hydrogen-bond acceptors (Lipinski definition) is 4. The van der Waals surface area contributed by atoms with E-state index in [1.165, 1.54) is 11.6 Å². The molecule has 1 saturated heterocycles. The third-order valence-corrected chi connectivity index (χ3v) is 3.87. The summed E-state index contributed by atoms with van der Waals surface area (Å²) in [5.41, 5.74) is 0. The van der Waals surface area contributed by atoms with Gasteiger partial charge in [0.25, 0.3) is 0 Å². The molecule has 15 heavy (non-hydrogen) atoms. The predicted molar refractivity (Wildman–Crippen MR) is 64.4 cm³/mol. The van der Waals surface area contributed by atoms with Crippen LogP contribution >= 0.6 is 11.3 Å². The van der Waals surface area contributed by atoms with Gasteiger partial charge in [-0.25, -0.2) is 4.98 Å². The Hall–Kier alpha value is -0.450. The highest BCUT2D eigenvalue weighted by atomic mass is 32.1. The first-order valence-electron chi connectivity index (χ1n) is 5.61. The van der Waals surface area contributed by atoms with Gasteiger partial charge in [0.1, 0.15) is 0 Å². The van der Waals surface area contributed by atoms with Crippen molar-refractivity contribution in [3.8, 4) is 0 Å². The number of aromatic nitrogens is 1. The molecule has 1 aromatic rings. The molecule has 4 heteroatoms. The third-order valence-electron chi connectivity index (χ3n) is 2.86. The van der Waals surface area contributed by atoms with E-state index in [2.05, 4.69) is 34.4 Å². The number of nitrogens with zero attached hydrogens (tertiary/aromatic N) is 2. The molecule has 84 valence electrons. The van der Waals surface area contributed by atoms with E-state index < -0.39 is 0 Å². The Bertz CT molecular complexity index is 286. The molecule has 0 aromatic carbocycles. The van der Waals surface area contributed by atoms with Gasteiger partial charge in [0.05, 0.1) is 5.01 Å². The van der Waals surface area contributed by atoms with Gasteiger partial charge >= 0.3 is 0 Å². The summed E-state index contributed by atoms with van der Waals surface area (Å²) in [7, 11) is 0. The van der Waals surface area contributed by atoms with Crippen molar-refractivity contribution in [2.45, 2.75) is 25.8 Å². The average Bonchev–Trinajstić information content (AvgIpc) is 2.70. The van der Waals surface area contributed by atoms with Crippen molar-refractivity contribution in [1.29, 1.82) is 0 Å². The van der Waals surface area contributed by atoms with Gasteiger partial charge in [-0.15, -0.1) is 11.3 Å². The molecule has 0 aliphatic carbocycles. The smallest absolute Gasteiger partial charge is 0.0965 e. The first-order chi connectivity index (χ1) is 7.25. The lowest BCUT2D eigenvalue weighted by atomic mass is 10.1. The van der Waals surface area contributed by atoms with E-state index in [4.69, 9.17) is 0 Å². The number of hydrogen-bond donors (Lipinski definition) is 1. The summed E-state index contributed by atoms with van der Waals surface area (Å²) in [6.07, 6.45) is 1.90. The van der Waals surface area contributed by atoms with Crippen LogP contribution < -0.4 is 5.32 Å². The van der Waals surface area contributed by atoms with Crippen molar-refractivity contribution in [1.82, 2.24) is 15.2 Å². The van der Waals surface area contributed by atoms with E-state index >= 15 is 0 Å². The minimum Gasteiger partial charge on any atom is -0.312 e. The number of rotatable bonds is 3. The van der Waals surface area contributed by atoms with Crippen molar-refractivity contribution >= 4 is 11.3 Å². The van der Waals surface area contributed by atoms with E-state index in [0.717, 1.165) is 19.6 Å². The number of thiazole rings is 1. The maximum absolute atomic E-state index is 4.38. The van der Waals surface area contributed by atoms with Crippen LogP contribution in [-0.2, 0) is 0 Å². The molecule has 2 heterocycles. The normalized spacial score (nSPS) is 25.3. The first kappa shape index (κ1) is 11.0. The van der Waals surface area contributed by atoms with Crippen LogP contribution in [-0.4, -0.2) is 42.1 Å². The summed E-state index contributed by atoms with van der Waals surface area (Å²) in [4.78, 5) is 6.91. The first-order valence-corrected chi connectivity index (χ1v) is 6.49. The van der Waals surface area contributed by atoms with Crippen molar-refractivity contribution in [2.24, 2.45) is 0 Å². The molecule has 0 spiro atoms. The highest BCUT2D eigenvalue weighted by molar-refractivity contribution is 7.09. The predicted octanol–water partition coefficient (Wildman–Crippen LogP) is 1.54. The highest BCUT2D eigenvalue weighted by Crippen LogP contribution is 2.19. The van der Waals surface area contributed by atoms with Crippen LogP contribution in [0.25, 0.3) is 0 Å². The van der Waals surface area contributed by atoms with Crippen LogP contribution in [0.2, 0.25) is 0 Å². The molecule has 0 saturated carbocycles. The van der Waals surface area contributed by atoms with Gasteiger partial charge in [-0.3, -0.25) is 4.90 Å². The second-order valence-electron chi connectivity index (χ2n) is 4.39. The molecular formula is C11H19N3S. The van der Waals surface area contributed by atoms with Crippen LogP contribution in [0.4, 0.5) is 0 Å². The molecule has 1 aliphatic rings. The average molecular weight is 225 g/mol. The highest BCUT2D eigenvalue weighted by Gasteiger charge is 2.18. The molecule has 1 aliphatic heterocycles. The zero-order valence-corrected chi connectivity index (χ0v) is 10.3. The van der Waals surface area contributed by atoms with Crippen molar-refractivity contribution in [3.05, 3.63) is 16.6 Å². The van der Waals surface area contributed by atoms with Crippen LogP contribution in [0.1, 0.15) is 24.8 Å². The summed E-state index contributed by atoms with van der Waals surface area (Å²) in [5, 5.41) is 6.79. The molecule has 2 atom stereocenters. The van der Waals surface area contributed by atoms with Gasteiger partial charge < -0.3 is 5.32 Å². The summed E-state index contributed by atoms with van der Waals surface area (Å²) >= 11 is 1.77. The molecule has 2 unspecified atom stereocenters. The molecule has 0 radical (unpaired) electrons. The lowest BCUT2D eigenvalue weighted by Gasteiger charge is -2.33. The van der Waals surface area contributed by atoms with E-state index in [9.17, 15) is 0 Å². The second kappa shape index (κ2) is 5.05. The van der Waals surface area contributed by atoms with Crippen molar-refractivity contribution in [3.63, 3.8) is 0 Å². The Morgan fingerprint density at radius 3 is 3.27 bits per heavy atom. The Kier molecular flexibility index (Phi) is 3.72. The monoisotopic (exact) mass is 225 g/mol. The second-order valence-corrected chi connectivity index (χ2v) is 5.31. The number of piperazine rings is 1. The van der Waals surface area contributed by atoms with E-state index in [-0.39, 0.29) is 0 Å². The summed E-state index contributed by atoms with van der Waals surface area (Å²) in [6.45, 7) is 9.10. The SMILES string of the molecule is CC1CN(CC(C)c2nccs2)CCN1. The quantitative estimate of drug-likeness (QED) is 0.846. The van der Waals surface area contributed by atoms with E-state index in [1.54, 1.807) is 11.3 Å². The van der Waals surface area contributed by atoms with Crippen molar-refractivity contribution in [2.75, 3.05) is 26.2 Å². The van der Waals surface area contributed by atoms with Gasteiger partial charge in [-0.2, -0.15) is 0 Å². The molecule has 0 amide bonds. The zero-order valence-electron chi connectivity index (χ0n) is 9.44. The maximum Gasteiger partial charge on any atom is 0.0965 e. The van der Waals surface area contributed by atoms with Crippen LogP contribution in [0.15, 0.2) is 11.6 Å². The molecule has 3 nitrogen and oxygen atoms in total. The molecule has 2 rings (SSSR count). The Morgan fingerprint density at radius 2 is 2.60 bits per heavy atom. The molecule has 0 bridgehead atoms. The maximum atomic E-state index is 4.38. The summed E-state index contributed by atoms with van der Waals surface area (Å²) in [5.74, 6) is 0.565. The van der Waals surface area contributed by atoms with Crippen LogP contribution in [0.3, 0.4) is 0 Å². The van der Waals surface area contributed by atoms with Gasteiger partial charge in [-0.05, 0) is 6.92 Å². The van der Waals surface area contributed by atoms with Gasteiger partial charge in [0.15, 0.2) is 0 Å². The zero-order chi connectivity index (χ0) is 10.7. The minimum absolute atomic E-state index is 0.565. The number of nitrogens with one attached hydrogen (secondary N) is 1. The lowest BCUT2D eigenvalue weighted by Crippen LogP contribution is -2.49. The lowest BCUT2D eigenvalue weighted by molar-refractivity contribution is 0.198. The molecule has 1 N–H and O–H groups in total. The fourth-order valence-electron chi connectivity index (χ4n) is 2.12. The molecular weight excluding hydrogens is 206 g/mol. The van der Waals surface area contributed by atoms with E-state index in [1.807, 2.05) is 6.20 Å². The van der Waals surface area contributed by atoms with Gasteiger partial charge in [0.2, 0.25) is 0 Å². The fraction of sp³-hybridized carbons (Fsp3) is 0.727. The molecule has 1 aromatic heterocycles. The Labute approximate surface area is 95.5 Å². The van der Waals surface area contributed by atoms with Crippen LogP contribution in [0.5, 0.6) is 0 Å². The topological polar surface area (TPSA) is 28.2 Å². The van der Waals surface area contributed by atoms with Gasteiger partial charge in [-0.1, -0.05) is 6.92 Å². The largest absolute Gasteiger partial charge is 0.312 e. The Balaban J connectivity index is 1.86. The third kappa shape index (κ3) is 3.00. The standard InChI is InChI=1S/C11H19N3S/c1-9(11-13-4-6-15-11)7-14-5-3-12-10(2)8-14/h4,6,9-10,12H,3,5,7-8H2,1-2H3. The summed E-state index contributed by atoms with van der Waals surface area (Å²) < 4.78 is 0. The van der Waals surface area contributed by atoms with E-state index in [0.29, 0.717) is 12.0 Å². The summed E-state index contributed by atoms with van der Waals surface area (Å²) in [6, 6.07) is 0.627. The fourth-order valence-corrected chi connectivity index (χ4v) is 2.81. The Morgan fingerprint density at radius 1 is 1.73 bits per heavy atom. The minimum atomic E-state index is 0.565. The van der Waals surface area contributed by atoms with Gasteiger partial charge in [0, 0.05) is 49.7 Å². The molecule has 1 fully saturated rings. The van der Waals surface area contributed by atoms with Crippen molar-refractivity contribution < 1.29 is 0 Å².